The summed E-state index contributed by atoms with van der Waals surface area (Å²) in [6.45, 7) is 0.771. The monoisotopic (exact) mass is 284 g/mol. The van der Waals surface area contributed by atoms with Crippen molar-refractivity contribution in [2.45, 2.75) is 37.9 Å². The van der Waals surface area contributed by atoms with Gasteiger partial charge in [-0.05, 0) is 30.4 Å². The van der Waals surface area contributed by atoms with Gasteiger partial charge in [0.25, 0.3) is 11.7 Å². The summed E-state index contributed by atoms with van der Waals surface area (Å²) in [7, 11) is 0. The summed E-state index contributed by atoms with van der Waals surface area (Å²) in [5.41, 5.74) is 2.57. The molecule has 2 N–H and O–H groups in total. The van der Waals surface area contributed by atoms with Gasteiger partial charge in [0.05, 0.1) is 6.04 Å². The van der Waals surface area contributed by atoms with Crippen molar-refractivity contribution in [2.75, 3.05) is 0 Å². The number of hydrogen-bond acceptors (Lipinski definition) is 5. The number of rotatable bonds is 3. The quantitative estimate of drug-likeness (QED) is 0.889. The number of nitrogens with zero attached hydrogens (tertiary/aromatic N) is 2. The second-order valence-corrected chi connectivity index (χ2v) is 5.61. The van der Waals surface area contributed by atoms with E-state index in [1.165, 1.54) is 11.1 Å². The molecule has 6 heteroatoms. The predicted molar refractivity (Wildman–Crippen MR) is 74.5 cm³/mol. The number of hydrogen-bond donors (Lipinski definition) is 2. The maximum absolute atomic E-state index is 11.9. The van der Waals surface area contributed by atoms with Gasteiger partial charge in [-0.2, -0.15) is 4.98 Å². The van der Waals surface area contributed by atoms with Gasteiger partial charge >= 0.3 is 0 Å². The molecule has 1 aromatic heterocycles. The van der Waals surface area contributed by atoms with Crippen LogP contribution in [0.15, 0.2) is 28.8 Å². The van der Waals surface area contributed by atoms with Crippen molar-refractivity contribution >= 4 is 5.91 Å². The van der Waals surface area contributed by atoms with Crippen LogP contribution in [0.3, 0.4) is 0 Å². The molecule has 1 atom stereocenters. The second kappa shape index (κ2) is 4.96. The molecule has 108 valence electrons. The van der Waals surface area contributed by atoms with E-state index in [4.69, 9.17) is 4.52 Å². The van der Waals surface area contributed by atoms with E-state index in [0.717, 1.165) is 25.8 Å². The first-order valence-electron chi connectivity index (χ1n) is 7.24. The van der Waals surface area contributed by atoms with E-state index in [-0.39, 0.29) is 17.8 Å². The first kappa shape index (κ1) is 12.5. The molecule has 0 saturated heterocycles. The van der Waals surface area contributed by atoms with Crippen LogP contribution in [0.2, 0.25) is 0 Å². The van der Waals surface area contributed by atoms with E-state index in [2.05, 4.69) is 32.9 Å². The lowest BCUT2D eigenvalue weighted by atomic mass is 9.96. The highest BCUT2D eigenvalue weighted by Crippen LogP contribution is 2.25. The number of carbonyl (C=O) groups excluding carboxylic acids is 1. The predicted octanol–water partition coefficient (Wildman–Crippen LogP) is 1.35. The topological polar surface area (TPSA) is 80.0 Å². The Morgan fingerprint density at radius 1 is 1.29 bits per heavy atom. The minimum absolute atomic E-state index is 0.0325. The highest BCUT2D eigenvalue weighted by molar-refractivity contribution is 5.90. The molecule has 2 aliphatic rings. The zero-order chi connectivity index (χ0) is 14.2. The molecule has 6 nitrogen and oxygen atoms in total. The van der Waals surface area contributed by atoms with Crippen LogP contribution in [0, 0.1) is 0 Å². The summed E-state index contributed by atoms with van der Waals surface area (Å²) in [5.74, 6) is 0.353. The minimum atomic E-state index is -0.247. The molecule has 1 aromatic carbocycles. The van der Waals surface area contributed by atoms with Crippen LogP contribution in [0.1, 0.15) is 46.5 Å². The van der Waals surface area contributed by atoms with Gasteiger partial charge in [0.1, 0.15) is 0 Å². The van der Waals surface area contributed by atoms with Crippen LogP contribution in [0.5, 0.6) is 0 Å². The summed E-state index contributed by atoms with van der Waals surface area (Å²) in [6.07, 6.45) is 2.87. The van der Waals surface area contributed by atoms with Crippen molar-refractivity contribution in [3.8, 4) is 0 Å². The highest BCUT2D eigenvalue weighted by atomic mass is 16.5. The van der Waals surface area contributed by atoms with Crippen LogP contribution in [0.25, 0.3) is 0 Å². The Labute approximate surface area is 121 Å². The van der Waals surface area contributed by atoms with E-state index >= 15 is 0 Å². The van der Waals surface area contributed by atoms with Gasteiger partial charge < -0.3 is 15.2 Å². The number of fused-ring (bicyclic) bond motifs is 1. The zero-order valence-electron chi connectivity index (χ0n) is 11.5. The first-order chi connectivity index (χ1) is 10.3. The summed E-state index contributed by atoms with van der Waals surface area (Å²) < 4.78 is 5.26. The molecule has 0 spiro atoms. The normalized spacial score (nSPS) is 20.9. The second-order valence-electron chi connectivity index (χ2n) is 5.61. The Kier molecular flexibility index (Phi) is 2.96. The average Bonchev–Trinajstić information content (AvgIpc) is 3.18. The molecule has 4 rings (SSSR count). The smallest absolute Gasteiger partial charge is 0.292 e. The average molecular weight is 284 g/mol. The molecule has 2 heterocycles. The summed E-state index contributed by atoms with van der Waals surface area (Å²) in [5, 5.41) is 10.0. The van der Waals surface area contributed by atoms with Crippen molar-refractivity contribution in [3.63, 3.8) is 0 Å². The van der Waals surface area contributed by atoms with Crippen molar-refractivity contribution < 1.29 is 9.32 Å². The van der Waals surface area contributed by atoms with Gasteiger partial charge in [0, 0.05) is 12.6 Å². The van der Waals surface area contributed by atoms with E-state index in [1.54, 1.807) is 0 Å². The van der Waals surface area contributed by atoms with Crippen molar-refractivity contribution in [1.82, 2.24) is 20.8 Å². The van der Waals surface area contributed by atoms with Gasteiger partial charge in [-0.3, -0.25) is 4.79 Å². The maximum Gasteiger partial charge on any atom is 0.292 e. The van der Waals surface area contributed by atoms with Crippen molar-refractivity contribution in [3.05, 3.63) is 47.1 Å². The van der Waals surface area contributed by atoms with Crippen molar-refractivity contribution in [1.29, 1.82) is 0 Å². The van der Waals surface area contributed by atoms with Gasteiger partial charge in [0.2, 0.25) is 5.89 Å². The summed E-state index contributed by atoms with van der Waals surface area (Å²) >= 11 is 0. The van der Waals surface area contributed by atoms with E-state index in [9.17, 15) is 4.79 Å². The van der Waals surface area contributed by atoms with Gasteiger partial charge in [-0.25, -0.2) is 0 Å². The summed E-state index contributed by atoms with van der Waals surface area (Å²) in [6, 6.07) is 8.55. The number of carbonyl (C=O) groups is 1. The number of aromatic nitrogens is 2. The molecule has 1 unspecified atom stereocenters. The minimum Gasteiger partial charge on any atom is -0.346 e. The Morgan fingerprint density at radius 2 is 2.10 bits per heavy atom. The fourth-order valence-corrected chi connectivity index (χ4v) is 2.58. The number of nitrogens with one attached hydrogen (secondary N) is 2. The van der Waals surface area contributed by atoms with Gasteiger partial charge in [-0.1, -0.05) is 29.4 Å². The SMILES string of the molecule is O=C(NC1CC1)c1noc(C2Cc3ccccc3CN2)n1. The zero-order valence-corrected chi connectivity index (χ0v) is 11.5. The Balaban J connectivity index is 1.50. The van der Waals surface area contributed by atoms with E-state index < -0.39 is 0 Å². The lowest BCUT2D eigenvalue weighted by Gasteiger charge is -2.23. The van der Waals surface area contributed by atoms with E-state index in [0.29, 0.717) is 11.9 Å². The van der Waals surface area contributed by atoms with E-state index in [1.807, 2.05) is 12.1 Å². The van der Waals surface area contributed by atoms with Crippen LogP contribution >= 0.6 is 0 Å². The molecule has 0 bridgehead atoms. The Hall–Kier alpha value is -2.21. The summed E-state index contributed by atoms with van der Waals surface area (Å²) in [4.78, 5) is 16.1. The molecule has 1 fully saturated rings. The van der Waals surface area contributed by atoms with Crippen molar-refractivity contribution in [2.24, 2.45) is 0 Å². The van der Waals surface area contributed by atoms with Crippen LogP contribution in [-0.4, -0.2) is 22.1 Å². The highest BCUT2D eigenvalue weighted by Gasteiger charge is 2.28. The third-order valence-corrected chi connectivity index (χ3v) is 3.94. The van der Waals surface area contributed by atoms with Gasteiger partial charge in [-0.15, -0.1) is 0 Å². The fourth-order valence-electron chi connectivity index (χ4n) is 2.58. The maximum atomic E-state index is 11.9. The third kappa shape index (κ3) is 2.54. The Bertz CT molecular complexity index is 678. The molecular weight excluding hydrogens is 268 g/mol. The molecule has 2 aromatic rings. The number of amides is 1. The lowest BCUT2D eigenvalue weighted by Crippen LogP contribution is -2.29. The molecule has 21 heavy (non-hydrogen) atoms. The van der Waals surface area contributed by atoms with Crippen LogP contribution in [0.4, 0.5) is 0 Å². The molecule has 1 aliphatic carbocycles. The number of benzene rings is 1. The first-order valence-corrected chi connectivity index (χ1v) is 7.24. The molecule has 0 radical (unpaired) electrons. The molecular formula is C15H16N4O2. The third-order valence-electron chi connectivity index (χ3n) is 3.94. The largest absolute Gasteiger partial charge is 0.346 e. The van der Waals surface area contributed by atoms with Crippen LogP contribution < -0.4 is 10.6 Å². The molecule has 1 saturated carbocycles. The van der Waals surface area contributed by atoms with Gasteiger partial charge in [0.15, 0.2) is 0 Å². The standard InChI is InChI=1S/C15H16N4O2/c20-14(17-11-5-6-11)13-18-15(21-19-13)12-7-9-3-1-2-4-10(9)8-16-12/h1-4,11-12,16H,5-8H2,(H,17,20). The molecule has 1 aliphatic heterocycles. The lowest BCUT2D eigenvalue weighted by molar-refractivity contribution is 0.0937. The molecule has 1 amide bonds. The Morgan fingerprint density at radius 3 is 2.90 bits per heavy atom. The fraction of sp³-hybridized carbons (Fsp3) is 0.400. The van der Waals surface area contributed by atoms with Crippen LogP contribution in [-0.2, 0) is 13.0 Å².